The first-order valence-electron chi connectivity index (χ1n) is 6.25. The first-order valence-corrected chi connectivity index (χ1v) is 6.25. The lowest BCUT2D eigenvalue weighted by Crippen LogP contribution is -2.17. The van der Waals surface area contributed by atoms with Crippen LogP contribution in [0, 0.1) is 0 Å². The van der Waals surface area contributed by atoms with Gasteiger partial charge in [0.15, 0.2) is 11.2 Å². The first-order chi connectivity index (χ1) is 8.58. The average molecular weight is 243 g/mol. The summed E-state index contributed by atoms with van der Waals surface area (Å²) >= 11 is 0. The van der Waals surface area contributed by atoms with Gasteiger partial charge < -0.3 is 4.57 Å². The lowest BCUT2D eigenvalue weighted by atomic mass is 10.1. The van der Waals surface area contributed by atoms with E-state index in [4.69, 9.17) is 0 Å². The van der Waals surface area contributed by atoms with Gasteiger partial charge >= 0.3 is 0 Å². The lowest BCUT2D eigenvalue weighted by Gasteiger charge is -2.11. The lowest BCUT2D eigenvalue weighted by molar-refractivity contribution is 0.101. The minimum atomic E-state index is -0.175. The van der Waals surface area contributed by atoms with E-state index >= 15 is 0 Å². The van der Waals surface area contributed by atoms with E-state index in [9.17, 15) is 9.59 Å². The maximum absolute atomic E-state index is 12.3. The van der Waals surface area contributed by atoms with Crippen molar-refractivity contribution < 1.29 is 4.79 Å². The van der Waals surface area contributed by atoms with Gasteiger partial charge in [-0.15, -0.1) is 0 Å². The number of benzene rings is 1. The minimum Gasteiger partial charge on any atom is -0.347 e. The van der Waals surface area contributed by atoms with E-state index in [0.29, 0.717) is 5.39 Å². The van der Waals surface area contributed by atoms with Gasteiger partial charge in [-0.25, -0.2) is 0 Å². The van der Waals surface area contributed by atoms with E-state index < -0.39 is 0 Å². The molecule has 0 spiro atoms. The molecule has 0 bridgehead atoms. The Morgan fingerprint density at radius 2 is 2.00 bits per heavy atom. The molecule has 0 fully saturated rings. The molecule has 0 saturated heterocycles. The van der Waals surface area contributed by atoms with E-state index in [2.05, 4.69) is 0 Å². The molecule has 2 aromatic rings. The highest BCUT2D eigenvalue weighted by molar-refractivity contribution is 5.97. The molecule has 0 unspecified atom stereocenters. The summed E-state index contributed by atoms with van der Waals surface area (Å²) in [5.74, 6) is -0.175. The van der Waals surface area contributed by atoms with Gasteiger partial charge in [-0.1, -0.05) is 13.0 Å². The van der Waals surface area contributed by atoms with Crippen LogP contribution in [-0.4, -0.2) is 10.4 Å². The van der Waals surface area contributed by atoms with E-state index in [0.717, 1.165) is 24.0 Å². The molecule has 1 heterocycles. The number of carbonyl (C=O) groups excluding carboxylic acids is 1. The number of carbonyl (C=O) groups is 1. The summed E-state index contributed by atoms with van der Waals surface area (Å²) in [7, 11) is 0. The van der Waals surface area contributed by atoms with Crippen LogP contribution in [0.2, 0.25) is 0 Å². The van der Waals surface area contributed by atoms with E-state index in [1.54, 1.807) is 6.20 Å². The number of hydrogen-bond donors (Lipinski definition) is 0. The SMILES string of the molecule is CCc1ccc2c(c1)c(=O)c(C(C)=O)cn2CC. The quantitative estimate of drug-likeness (QED) is 0.777. The van der Waals surface area contributed by atoms with Crippen molar-refractivity contribution in [2.24, 2.45) is 0 Å². The summed E-state index contributed by atoms with van der Waals surface area (Å²) in [6, 6.07) is 5.89. The van der Waals surface area contributed by atoms with Crippen molar-refractivity contribution in [3.05, 3.63) is 45.7 Å². The summed E-state index contributed by atoms with van der Waals surface area (Å²) in [4.78, 5) is 23.8. The van der Waals surface area contributed by atoms with Crippen LogP contribution >= 0.6 is 0 Å². The molecule has 1 aromatic heterocycles. The fraction of sp³-hybridized carbons (Fsp3) is 0.333. The number of aromatic nitrogens is 1. The van der Waals surface area contributed by atoms with Crippen LogP contribution in [0.15, 0.2) is 29.2 Å². The number of pyridine rings is 1. The largest absolute Gasteiger partial charge is 0.347 e. The molecule has 0 atom stereocenters. The van der Waals surface area contributed by atoms with E-state index in [-0.39, 0.29) is 16.8 Å². The molecule has 18 heavy (non-hydrogen) atoms. The molecule has 3 heteroatoms. The van der Waals surface area contributed by atoms with Crippen molar-refractivity contribution in [2.75, 3.05) is 0 Å². The van der Waals surface area contributed by atoms with Crippen molar-refractivity contribution in [1.29, 1.82) is 0 Å². The van der Waals surface area contributed by atoms with Crippen LogP contribution in [0.5, 0.6) is 0 Å². The number of aryl methyl sites for hydroxylation is 2. The van der Waals surface area contributed by atoms with Crippen molar-refractivity contribution >= 4 is 16.7 Å². The number of fused-ring (bicyclic) bond motifs is 1. The van der Waals surface area contributed by atoms with Crippen LogP contribution in [0.4, 0.5) is 0 Å². The Hall–Kier alpha value is -1.90. The minimum absolute atomic E-state index is 0.155. The molecule has 0 aliphatic carbocycles. The van der Waals surface area contributed by atoms with Crippen LogP contribution in [0.3, 0.4) is 0 Å². The molecule has 94 valence electrons. The maximum Gasteiger partial charge on any atom is 0.200 e. The summed E-state index contributed by atoms with van der Waals surface area (Å²) < 4.78 is 1.95. The summed E-state index contributed by atoms with van der Waals surface area (Å²) in [5.41, 5.74) is 2.13. The molecule has 1 aromatic carbocycles. The van der Waals surface area contributed by atoms with Gasteiger partial charge in [0.1, 0.15) is 0 Å². The Morgan fingerprint density at radius 3 is 2.56 bits per heavy atom. The highest BCUT2D eigenvalue weighted by Crippen LogP contribution is 2.15. The molecule has 0 amide bonds. The van der Waals surface area contributed by atoms with Crippen LogP contribution < -0.4 is 5.43 Å². The molecule has 2 rings (SSSR count). The molecular weight excluding hydrogens is 226 g/mol. The highest BCUT2D eigenvalue weighted by Gasteiger charge is 2.11. The second kappa shape index (κ2) is 4.77. The number of hydrogen-bond acceptors (Lipinski definition) is 2. The zero-order valence-electron chi connectivity index (χ0n) is 11.0. The van der Waals surface area contributed by atoms with Gasteiger partial charge in [-0.2, -0.15) is 0 Å². The van der Waals surface area contributed by atoms with Crippen molar-refractivity contribution in [2.45, 2.75) is 33.7 Å². The van der Waals surface area contributed by atoms with Gasteiger partial charge in [0.05, 0.1) is 11.1 Å². The molecular formula is C15H17NO2. The fourth-order valence-corrected chi connectivity index (χ4v) is 2.18. The third-order valence-corrected chi connectivity index (χ3v) is 3.27. The number of ketones is 1. The topological polar surface area (TPSA) is 39.1 Å². The standard InChI is InChI=1S/C15H17NO2/c1-4-11-6-7-14-12(8-11)15(18)13(10(3)17)9-16(14)5-2/h6-9H,4-5H2,1-3H3. The number of Topliss-reactive ketones (excluding diaryl/α,β-unsaturated/α-hetero) is 1. The Morgan fingerprint density at radius 1 is 1.28 bits per heavy atom. The normalized spacial score (nSPS) is 10.8. The molecule has 3 nitrogen and oxygen atoms in total. The van der Waals surface area contributed by atoms with Crippen LogP contribution in [0.1, 0.15) is 36.7 Å². The van der Waals surface area contributed by atoms with Crippen molar-refractivity contribution in [1.82, 2.24) is 4.57 Å². The zero-order valence-corrected chi connectivity index (χ0v) is 11.0. The molecule has 0 saturated carbocycles. The van der Waals surface area contributed by atoms with Gasteiger partial charge in [0, 0.05) is 18.1 Å². The Balaban J connectivity index is 2.90. The molecule has 0 radical (unpaired) electrons. The predicted molar refractivity (Wildman–Crippen MR) is 73.3 cm³/mol. The van der Waals surface area contributed by atoms with E-state index in [1.165, 1.54) is 6.92 Å². The Labute approximate surface area is 106 Å². The van der Waals surface area contributed by atoms with Crippen molar-refractivity contribution in [3.8, 4) is 0 Å². The third kappa shape index (κ3) is 1.96. The highest BCUT2D eigenvalue weighted by atomic mass is 16.1. The van der Waals surface area contributed by atoms with Gasteiger partial charge in [0.2, 0.25) is 0 Å². The van der Waals surface area contributed by atoms with Crippen molar-refractivity contribution in [3.63, 3.8) is 0 Å². The van der Waals surface area contributed by atoms with Gasteiger partial charge in [0.25, 0.3) is 0 Å². The van der Waals surface area contributed by atoms with Gasteiger partial charge in [-0.05, 0) is 38.0 Å². The fourth-order valence-electron chi connectivity index (χ4n) is 2.18. The summed E-state index contributed by atoms with van der Waals surface area (Å²) in [6.45, 7) is 6.23. The zero-order chi connectivity index (χ0) is 13.3. The molecule has 0 aliphatic rings. The number of rotatable bonds is 3. The first kappa shape index (κ1) is 12.6. The molecule has 0 aliphatic heterocycles. The maximum atomic E-state index is 12.3. The summed E-state index contributed by atoms with van der Waals surface area (Å²) in [6.07, 6.45) is 2.55. The third-order valence-electron chi connectivity index (χ3n) is 3.27. The van der Waals surface area contributed by atoms with Crippen LogP contribution in [-0.2, 0) is 13.0 Å². The van der Waals surface area contributed by atoms with Gasteiger partial charge in [-0.3, -0.25) is 9.59 Å². The molecule has 0 N–H and O–H groups in total. The van der Waals surface area contributed by atoms with Crippen LogP contribution in [0.25, 0.3) is 10.9 Å². The monoisotopic (exact) mass is 243 g/mol. The second-order valence-electron chi connectivity index (χ2n) is 4.42. The smallest absolute Gasteiger partial charge is 0.200 e. The Bertz CT molecular complexity index is 668. The summed E-state index contributed by atoms with van der Waals surface area (Å²) in [5, 5.41) is 0.643. The second-order valence-corrected chi connectivity index (χ2v) is 4.42. The van der Waals surface area contributed by atoms with E-state index in [1.807, 2.05) is 36.6 Å². The average Bonchev–Trinajstić information content (AvgIpc) is 2.38. The number of nitrogens with zero attached hydrogens (tertiary/aromatic N) is 1. The Kier molecular flexibility index (Phi) is 3.32. The predicted octanol–water partition coefficient (Wildman–Crippen LogP) is 2.79.